The normalized spacial score (nSPS) is 11.9. The van der Waals surface area contributed by atoms with E-state index in [-0.39, 0.29) is 0 Å². The first-order valence-electron chi connectivity index (χ1n) is 7.10. The van der Waals surface area contributed by atoms with Gasteiger partial charge in [-0.2, -0.15) is 0 Å². The van der Waals surface area contributed by atoms with Gasteiger partial charge in [0.05, 0.1) is 6.54 Å². The Morgan fingerprint density at radius 1 is 1.37 bits per heavy atom. The van der Waals surface area contributed by atoms with E-state index >= 15 is 0 Å². The second kappa shape index (κ2) is 8.55. The second-order valence-corrected chi connectivity index (χ2v) is 4.75. The number of nitrogens with one attached hydrogen (secondary N) is 1. The Bertz CT molecular complexity index is 391. The van der Waals surface area contributed by atoms with E-state index in [1.807, 2.05) is 6.20 Å². The molecule has 3 heteroatoms. The molecule has 1 aromatic rings. The van der Waals surface area contributed by atoms with Gasteiger partial charge in [0.1, 0.15) is 5.82 Å². The fourth-order valence-corrected chi connectivity index (χ4v) is 1.97. The number of terminal acetylenes is 1. The maximum absolute atomic E-state index is 5.40. The summed E-state index contributed by atoms with van der Waals surface area (Å²) in [5, 5.41) is 3.46. The fourth-order valence-electron chi connectivity index (χ4n) is 1.97. The lowest BCUT2D eigenvalue weighted by molar-refractivity contribution is 0.569. The van der Waals surface area contributed by atoms with Crippen LogP contribution in [0.4, 0.5) is 5.82 Å². The summed E-state index contributed by atoms with van der Waals surface area (Å²) in [5.74, 6) is 3.65. The third kappa shape index (κ3) is 4.92. The van der Waals surface area contributed by atoms with Crippen LogP contribution in [-0.4, -0.2) is 24.6 Å². The first-order chi connectivity index (χ1) is 9.22. The van der Waals surface area contributed by atoms with Crippen molar-refractivity contribution in [3.63, 3.8) is 0 Å². The Labute approximate surface area is 117 Å². The molecule has 0 radical (unpaired) electrons. The van der Waals surface area contributed by atoms with Crippen molar-refractivity contribution >= 4 is 5.82 Å². The summed E-state index contributed by atoms with van der Waals surface area (Å²) in [6.07, 6.45) is 9.56. The van der Waals surface area contributed by atoms with Gasteiger partial charge < -0.3 is 10.2 Å². The van der Waals surface area contributed by atoms with Crippen LogP contribution in [0, 0.1) is 12.3 Å². The van der Waals surface area contributed by atoms with Crippen molar-refractivity contribution in [2.75, 3.05) is 24.5 Å². The number of rotatable bonds is 8. The summed E-state index contributed by atoms with van der Waals surface area (Å²) < 4.78 is 0. The average Bonchev–Trinajstić information content (AvgIpc) is 2.44. The molecule has 0 amide bonds. The molecule has 0 bridgehead atoms. The summed E-state index contributed by atoms with van der Waals surface area (Å²) in [6.45, 7) is 9.07. The predicted molar refractivity (Wildman–Crippen MR) is 82.3 cm³/mol. The third-order valence-corrected chi connectivity index (χ3v) is 3.07. The van der Waals surface area contributed by atoms with Gasteiger partial charge in [-0.1, -0.05) is 25.8 Å². The van der Waals surface area contributed by atoms with Gasteiger partial charge in [-0.15, -0.1) is 6.42 Å². The number of aromatic nitrogens is 1. The maximum Gasteiger partial charge on any atom is 0.129 e. The van der Waals surface area contributed by atoms with Gasteiger partial charge in [0, 0.05) is 18.8 Å². The highest BCUT2D eigenvalue weighted by Crippen LogP contribution is 2.16. The van der Waals surface area contributed by atoms with Gasteiger partial charge >= 0.3 is 0 Å². The van der Waals surface area contributed by atoms with Crippen LogP contribution in [0.2, 0.25) is 0 Å². The predicted octanol–water partition coefficient (Wildman–Crippen LogP) is 2.99. The zero-order valence-corrected chi connectivity index (χ0v) is 12.3. The maximum atomic E-state index is 5.40. The Kier molecular flexibility index (Phi) is 6.99. The van der Waals surface area contributed by atoms with Crippen LogP contribution in [0.3, 0.4) is 0 Å². The van der Waals surface area contributed by atoms with E-state index in [2.05, 4.69) is 54.0 Å². The van der Waals surface area contributed by atoms with Crippen molar-refractivity contribution in [3.05, 3.63) is 23.9 Å². The van der Waals surface area contributed by atoms with Gasteiger partial charge in [0.2, 0.25) is 0 Å². The Balaban J connectivity index is 2.71. The Hall–Kier alpha value is -1.53. The molecule has 0 aliphatic heterocycles. The summed E-state index contributed by atoms with van der Waals surface area (Å²) in [6, 6.07) is 4.54. The molecular formula is C16H25N3. The number of anilines is 1. The molecule has 1 rings (SSSR count). The van der Waals surface area contributed by atoms with E-state index in [1.165, 1.54) is 5.56 Å². The second-order valence-electron chi connectivity index (χ2n) is 4.75. The van der Waals surface area contributed by atoms with E-state index in [9.17, 15) is 0 Å². The molecular weight excluding hydrogens is 234 g/mol. The minimum Gasteiger partial charge on any atom is -0.345 e. The van der Waals surface area contributed by atoms with Gasteiger partial charge in [0.25, 0.3) is 0 Å². The van der Waals surface area contributed by atoms with E-state index < -0.39 is 0 Å². The summed E-state index contributed by atoms with van der Waals surface area (Å²) in [4.78, 5) is 6.67. The molecule has 1 aromatic heterocycles. The van der Waals surface area contributed by atoms with Gasteiger partial charge in [-0.05, 0) is 37.9 Å². The molecule has 1 atom stereocenters. The first-order valence-corrected chi connectivity index (χ1v) is 7.10. The minimum atomic E-state index is 0.341. The molecule has 0 aliphatic rings. The highest BCUT2D eigenvalue weighted by molar-refractivity contribution is 5.41. The molecule has 1 heterocycles. The highest BCUT2D eigenvalue weighted by atomic mass is 15.2. The lowest BCUT2D eigenvalue weighted by atomic mass is 10.1. The zero-order chi connectivity index (χ0) is 14.1. The van der Waals surface area contributed by atoms with Crippen LogP contribution >= 0.6 is 0 Å². The highest BCUT2D eigenvalue weighted by Gasteiger charge is 2.08. The van der Waals surface area contributed by atoms with Crippen molar-refractivity contribution < 1.29 is 0 Å². The standard InChI is InChI=1S/C16H25N3/c1-5-10-17-14(4)15-8-9-16(18-13-15)19(11-6-2)12-7-3/h2,8-9,13-14,17H,5,7,10-12H2,1,3-4H3. The minimum absolute atomic E-state index is 0.341. The van der Waals surface area contributed by atoms with Gasteiger partial charge in [-0.25, -0.2) is 4.98 Å². The molecule has 0 saturated heterocycles. The van der Waals surface area contributed by atoms with Crippen molar-refractivity contribution in [3.8, 4) is 12.3 Å². The molecule has 3 nitrogen and oxygen atoms in total. The van der Waals surface area contributed by atoms with Crippen LogP contribution < -0.4 is 10.2 Å². The number of hydrogen-bond acceptors (Lipinski definition) is 3. The number of pyridine rings is 1. The summed E-state index contributed by atoms with van der Waals surface area (Å²) >= 11 is 0. The van der Waals surface area contributed by atoms with E-state index in [0.717, 1.165) is 31.7 Å². The van der Waals surface area contributed by atoms with Gasteiger partial charge in [-0.3, -0.25) is 0 Å². The monoisotopic (exact) mass is 259 g/mol. The fraction of sp³-hybridized carbons (Fsp3) is 0.562. The van der Waals surface area contributed by atoms with Crippen molar-refractivity contribution in [2.45, 2.75) is 39.7 Å². The van der Waals surface area contributed by atoms with Crippen LogP contribution in [0.5, 0.6) is 0 Å². The van der Waals surface area contributed by atoms with Crippen LogP contribution in [0.15, 0.2) is 18.3 Å². The smallest absolute Gasteiger partial charge is 0.129 e. The molecule has 1 N–H and O–H groups in total. The molecule has 0 fully saturated rings. The third-order valence-electron chi connectivity index (χ3n) is 3.07. The van der Waals surface area contributed by atoms with E-state index in [1.54, 1.807) is 0 Å². The summed E-state index contributed by atoms with van der Waals surface area (Å²) in [5.41, 5.74) is 1.22. The quantitative estimate of drug-likeness (QED) is 0.727. The van der Waals surface area contributed by atoms with Crippen LogP contribution in [0.1, 0.15) is 45.2 Å². The Morgan fingerprint density at radius 3 is 2.68 bits per heavy atom. The lowest BCUT2D eigenvalue weighted by Crippen LogP contribution is -2.25. The Morgan fingerprint density at radius 2 is 2.16 bits per heavy atom. The zero-order valence-electron chi connectivity index (χ0n) is 12.3. The molecule has 1 unspecified atom stereocenters. The van der Waals surface area contributed by atoms with E-state index in [4.69, 9.17) is 6.42 Å². The molecule has 0 aromatic carbocycles. The van der Waals surface area contributed by atoms with Crippen LogP contribution in [0.25, 0.3) is 0 Å². The van der Waals surface area contributed by atoms with Crippen molar-refractivity contribution in [1.29, 1.82) is 0 Å². The summed E-state index contributed by atoms with van der Waals surface area (Å²) in [7, 11) is 0. The average molecular weight is 259 g/mol. The number of nitrogens with zero attached hydrogens (tertiary/aromatic N) is 2. The molecule has 0 saturated carbocycles. The lowest BCUT2D eigenvalue weighted by Gasteiger charge is -2.21. The molecule has 19 heavy (non-hydrogen) atoms. The van der Waals surface area contributed by atoms with Crippen molar-refractivity contribution in [1.82, 2.24) is 10.3 Å². The molecule has 104 valence electrons. The SMILES string of the molecule is C#CCN(CCC)c1ccc(C(C)NCCC)cn1. The topological polar surface area (TPSA) is 28.2 Å². The van der Waals surface area contributed by atoms with E-state index in [0.29, 0.717) is 12.6 Å². The molecule has 0 spiro atoms. The van der Waals surface area contributed by atoms with Crippen LogP contribution in [-0.2, 0) is 0 Å². The molecule has 0 aliphatic carbocycles. The van der Waals surface area contributed by atoms with Crippen molar-refractivity contribution in [2.24, 2.45) is 0 Å². The number of hydrogen-bond donors (Lipinski definition) is 1. The first kappa shape index (κ1) is 15.5. The van der Waals surface area contributed by atoms with Gasteiger partial charge in [0.15, 0.2) is 0 Å². The largest absolute Gasteiger partial charge is 0.345 e.